The van der Waals surface area contributed by atoms with E-state index in [1.54, 1.807) is 26.2 Å². The van der Waals surface area contributed by atoms with E-state index >= 15 is 0 Å². The summed E-state index contributed by atoms with van der Waals surface area (Å²) in [5.74, 6) is -0.330. The number of imidazole rings is 1. The number of aliphatic hydroxyl groups is 1. The summed E-state index contributed by atoms with van der Waals surface area (Å²) in [5, 5.41) is 20.1. The second kappa shape index (κ2) is 8.91. The molecule has 1 aromatic carbocycles. The van der Waals surface area contributed by atoms with Crippen LogP contribution < -0.4 is 9.47 Å². The van der Waals surface area contributed by atoms with Gasteiger partial charge in [-0.1, -0.05) is 0 Å². The first-order chi connectivity index (χ1) is 17.5. The maximum atomic E-state index is 14.3. The van der Waals surface area contributed by atoms with E-state index < -0.39 is 22.8 Å². The molecule has 4 aromatic rings. The average Bonchev–Trinajstić information content (AvgIpc) is 3.48. The molecule has 11 heteroatoms. The van der Waals surface area contributed by atoms with E-state index in [9.17, 15) is 13.9 Å². The molecular weight excluding hydrogens is 482 g/mol. The first-order valence-corrected chi connectivity index (χ1v) is 11.9. The van der Waals surface area contributed by atoms with Crippen LogP contribution in [0.25, 0.3) is 17.2 Å². The number of benzene rings is 1. The van der Waals surface area contributed by atoms with Crippen LogP contribution in [0.15, 0.2) is 36.8 Å². The Morgan fingerprint density at radius 1 is 1.11 bits per heavy atom. The van der Waals surface area contributed by atoms with Crippen LogP contribution in [0, 0.1) is 25.5 Å². The number of hydrogen-bond donors (Lipinski definition) is 1. The van der Waals surface area contributed by atoms with Crippen molar-refractivity contribution in [2.45, 2.75) is 58.3 Å². The predicted octanol–water partition coefficient (Wildman–Crippen LogP) is 4.27. The Hall–Kier alpha value is -3.86. The molecule has 0 aliphatic carbocycles. The van der Waals surface area contributed by atoms with Crippen LogP contribution in [0.3, 0.4) is 0 Å². The molecule has 5 rings (SSSR count). The summed E-state index contributed by atoms with van der Waals surface area (Å²) in [6.45, 7) is 6.96. The van der Waals surface area contributed by atoms with Gasteiger partial charge < -0.3 is 23.7 Å². The molecule has 0 fully saturated rings. The van der Waals surface area contributed by atoms with Crippen LogP contribution in [0.4, 0.5) is 8.78 Å². The van der Waals surface area contributed by atoms with Crippen LogP contribution in [-0.4, -0.2) is 47.1 Å². The third-order valence-corrected chi connectivity index (χ3v) is 6.81. The molecule has 0 saturated carbocycles. The van der Waals surface area contributed by atoms with Gasteiger partial charge in [-0.25, -0.2) is 18.7 Å². The van der Waals surface area contributed by atoms with E-state index in [-0.39, 0.29) is 11.3 Å². The molecule has 9 nitrogen and oxygen atoms in total. The fraction of sp³-hybridized carbons (Fsp3) is 0.385. The Kier molecular flexibility index (Phi) is 5.98. The minimum absolute atomic E-state index is 0.0412. The van der Waals surface area contributed by atoms with Gasteiger partial charge in [0, 0.05) is 30.4 Å². The van der Waals surface area contributed by atoms with Crippen molar-refractivity contribution in [1.29, 1.82) is 0 Å². The van der Waals surface area contributed by atoms with E-state index in [0.29, 0.717) is 48.3 Å². The number of hydrogen-bond acceptors (Lipinski definition) is 7. The van der Waals surface area contributed by atoms with E-state index in [0.717, 1.165) is 17.8 Å². The molecule has 3 aromatic heterocycles. The molecule has 1 atom stereocenters. The lowest BCUT2D eigenvalue weighted by molar-refractivity contribution is -0.137. The maximum Gasteiger partial charge on any atom is 0.238 e. The van der Waals surface area contributed by atoms with Gasteiger partial charge in [-0.15, -0.1) is 10.2 Å². The molecule has 194 valence electrons. The molecular formula is C26H28F2N6O3. The number of halogens is 2. The average molecular weight is 511 g/mol. The minimum atomic E-state index is -1.47. The smallest absolute Gasteiger partial charge is 0.238 e. The topological polar surface area (TPSA) is 100 Å². The molecule has 1 aliphatic rings. The Morgan fingerprint density at radius 2 is 1.84 bits per heavy atom. The zero-order chi connectivity index (χ0) is 26.5. The molecule has 1 aliphatic heterocycles. The van der Waals surface area contributed by atoms with Gasteiger partial charge in [0.25, 0.3) is 0 Å². The van der Waals surface area contributed by atoms with Crippen LogP contribution in [0.1, 0.15) is 43.8 Å². The molecule has 1 unspecified atom stereocenters. The number of pyridine rings is 1. The third kappa shape index (κ3) is 4.12. The Bertz CT molecular complexity index is 1450. The van der Waals surface area contributed by atoms with E-state index in [1.807, 2.05) is 28.3 Å². The van der Waals surface area contributed by atoms with Gasteiger partial charge in [-0.2, -0.15) is 0 Å². The molecule has 0 amide bonds. The summed E-state index contributed by atoms with van der Waals surface area (Å²) in [5.41, 5.74) is -0.912. The van der Waals surface area contributed by atoms with Gasteiger partial charge in [-0.05, 0) is 52.7 Å². The summed E-state index contributed by atoms with van der Waals surface area (Å²) in [7, 11) is 1.53. The fourth-order valence-corrected chi connectivity index (χ4v) is 4.74. The highest BCUT2D eigenvalue weighted by Crippen LogP contribution is 2.45. The fourth-order valence-electron chi connectivity index (χ4n) is 4.74. The lowest BCUT2D eigenvalue weighted by Gasteiger charge is -2.44. The number of ether oxygens (including phenoxy) is 2. The van der Waals surface area contributed by atoms with Crippen molar-refractivity contribution in [3.05, 3.63) is 65.5 Å². The minimum Gasteiger partial charge on any atom is -0.479 e. The van der Waals surface area contributed by atoms with Gasteiger partial charge in [0.15, 0.2) is 17.2 Å². The zero-order valence-electron chi connectivity index (χ0n) is 21.3. The zero-order valence-corrected chi connectivity index (χ0v) is 21.3. The van der Waals surface area contributed by atoms with Crippen molar-refractivity contribution in [3.8, 4) is 28.8 Å². The summed E-state index contributed by atoms with van der Waals surface area (Å²) in [6, 6.07) is 5.89. The van der Waals surface area contributed by atoms with Gasteiger partial charge in [0.05, 0.1) is 19.1 Å². The number of methoxy groups -OCH3 is 1. The molecule has 0 radical (unpaired) electrons. The maximum absolute atomic E-state index is 14.3. The predicted molar refractivity (Wildman–Crippen MR) is 131 cm³/mol. The van der Waals surface area contributed by atoms with Crippen molar-refractivity contribution in [2.24, 2.45) is 0 Å². The molecule has 4 heterocycles. The Balaban J connectivity index is 1.60. The van der Waals surface area contributed by atoms with Crippen molar-refractivity contribution in [2.75, 3.05) is 7.11 Å². The quantitative estimate of drug-likeness (QED) is 0.414. The van der Waals surface area contributed by atoms with E-state index in [1.165, 1.54) is 14.0 Å². The van der Waals surface area contributed by atoms with Crippen molar-refractivity contribution >= 4 is 0 Å². The van der Waals surface area contributed by atoms with Gasteiger partial charge >= 0.3 is 0 Å². The number of rotatable bonds is 6. The molecule has 1 N–H and O–H groups in total. The second-order valence-corrected chi connectivity index (χ2v) is 9.75. The standard InChI is InChI=1S/C26H28F2N6O3/c1-15-13-33(14-29-15)21-8-7-20(30-23(21)36-5)22-31-32-24-26(25(3,4)35,9-6-10-34(22)24)37-17-11-18(27)16(2)19(28)12-17/h7-8,11-14,35H,6,9-10H2,1-5H3. The van der Waals surface area contributed by atoms with Crippen LogP contribution in [-0.2, 0) is 12.1 Å². The first kappa shape index (κ1) is 24.8. The number of fused-ring (bicyclic) bond motifs is 1. The Morgan fingerprint density at radius 3 is 2.46 bits per heavy atom. The van der Waals surface area contributed by atoms with E-state index in [2.05, 4.69) is 20.2 Å². The largest absolute Gasteiger partial charge is 0.479 e. The van der Waals surface area contributed by atoms with Gasteiger partial charge in [-0.3, -0.25) is 0 Å². The second-order valence-electron chi connectivity index (χ2n) is 9.75. The summed E-state index contributed by atoms with van der Waals surface area (Å²) in [4.78, 5) is 8.91. The lowest BCUT2D eigenvalue weighted by atomic mass is 9.79. The van der Waals surface area contributed by atoms with Crippen LogP contribution in [0.2, 0.25) is 0 Å². The van der Waals surface area contributed by atoms with E-state index in [4.69, 9.17) is 9.47 Å². The number of aromatic nitrogens is 6. The van der Waals surface area contributed by atoms with Crippen molar-refractivity contribution in [3.63, 3.8) is 0 Å². The van der Waals surface area contributed by atoms with Crippen LogP contribution in [0.5, 0.6) is 11.6 Å². The Labute approximate surface area is 212 Å². The lowest BCUT2D eigenvalue weighted by Crippen LogP contribution is -2.55. The van der Waals surface area contributed by atoms with Gasteiger partial charge in [0.2, 0.25) is 5.88 Å². The summed E-state index contributed by atoms with van der Waals surface area (Å²) < 4.78 is 44.0. The summed E-state index contributed by atoms with van der Waals surface area (Å²) in [6.07, 6.45) is 4.51. The third-order valence-electron chi connectivity index (χ3n) is 6.81. The number of nitrogens with zero attached hydrogens (tertiary/aromatic N) is 6. The van der Waals surface area contributed by atoms with Crippen molar-refractivity contribution in [1.82, 2.24) is 29.3 Å². The normalized spacial score (nSPS) is 17.5. The first-order valence-electron chi connectivity index (χ1n) is 11.9. The molecule has 0 bridgehead atoms. The molecule has 0 saturated heterocycles. The monoisotopic (exact) mass is 510 g/mol. The van der Waals surface area contributed by atoms with Crippen molar-refractivity contribution < 1.29 is 23.4 Å². The molecule has 0 spiro atoms. The van der Waals surface area contributed by atoms with Gasteiger partial charge in [0.1, 0.15) is 34.4 Å². The SMILES string of the molecule is COc1nc(-c2nnc3n2CCCC3(Oc2cc(F)c(C)c(F)c2)C(C)(C)O)ccc1-n1cnc(C)c1. The highest BCUT2D eigenvalue weighted by molar-refractivity contribution is 5.56. The number of aryl methyl sites for hydroxylation is 1. The van der Waals surface area contributed by atoms with Crippen LogP contribution >= 0.6 is 0 Å². The molecule has 37 heavy (non-hydrogen) atoms. The summed E-state index contributed by atoms with van der Waals surface area (Å²) >= 11 is 0. The highest BCUT2D eigenvalue weighted by Gasteiger charge is 2.53. The highest BCUT2D eigenvalue weighted by atomic mass is 19.1.